The second kappa shape index (κ2) is 12.7. The quantitative estimate of drug-likeness (QED) is 0.0508. The first-order valence-corrected chi connectivity index (χ1v) is 14.3. The molecule has 0 radical (unpaired) electrons. The van der Waals surface area contributed by atoms with Crippen molar-refractivity contribution >= 4 is 25.7 Å². The molecule has 0 N–H and O–H groups in total. The second-order valence-electron chi connectivity index (χ2n) is 10.2. The number of ether oxygens (including phenoxy) is 1. The Hall–Kier alpha value is -3.71. The molecule has 206 valence electrons. The maximum atomic E-state index is 13.2. The number of nitrogens with zero attached hydrogens (tertiary/aromatic N) is 8. The molecule has 1 fully saturated rings. The van der Waals surface area contributed by atoms with Gasteiger partial charge < -0.3 is 9.16 Å². The summed E-state index contributed by atoms with van der Waals surface area (Å²) in [6.07, 6.45) is -2.13. The van der Waals surface area contributed by atoms with Gasteiger partial charge in [0.15, 0.2) is 0 Å². The zero-order valence-corrected chi connectivity index (χ0v) is 23.1. The number of non-ortho nitro benzene ring substituents is 2. The van der Waals surface area contributed by atoms with E-state index >= 15 is 0 Å². The fourth-order valence-corrected chi connectivity index (χ4v) is 11.2. The van der Waals surface area contributed by atoms with Gasteiger partial charge in [-0.25, -0.2) is 4.79 Å². The first-order valence-electron chi connectivity index (χ1n) is 12.2. The molecule has 0 heterocycles. The van der Waals surface area contributed by atoms with Gasteiger partial charge in [-0.3, -0.25) is 20.2 Å². The predicted octanol–water partition coefficient (Wildman–Crippen LogP) is 6.95. The molecule has 3 atom stereocenters. The Balaban J connectivity index is 2.57. The fourth-order valence-electron chi connectivity index (χ4n) is 5.66. The molecule has 0 saturated heterocycles. The van der Waals surface area contributed by atoms with E-state index in [9.17, 15) is 25.0 Å². The second-order valence-corrected chi connectivity index (χ2v) is 15.6. The molecular weight excluding hydrogens is 516 g/mol. The van der Waals surface area contributed by atoms with E-state index in [4.69, 9.17) is 20.2 Å². The average Bonchev–Trinajstić information content (AvgIpc) is 3.22. The number of carbonyl (C=O) groups is 1. The highest BCUT2D eigenvalue weighted by Gasteiger charge is 2.52. The molecule has 15 nitrogen and oxygen atoms in total. The van der Waals surface area contributed by atoms with Gasteiger partial charge in [-0.05, 0) is 40.5 Å². The van der Waals surface area contributed by atoms with Crippen LogP contribution in [0, 0.1) is 26.1 Å². The van der Waals surface area contributed by atoms with Crippen LogP contribution in [0.25, 0.3) is 20.9 Å². The van der Waals surface area contributed by atoms with Gasteiger partial charge in [-0.2, -0.15) is 0 Å². The summed E-state index contributed by atoms with van der Waals surface area (Å²) in [6.45, 7) is 12.5. The first-order chi connectivity index (χ1) is 17.8. The molecule has 0 aromatic heterocycles. The Morgan fingerprint density at radius 2 is 1.42 bits per heavy atom. The predicted molar refractivity (Wildman–Crippen MR) is 140 cm³/mol. The normalized spacial score (nSPS) is 20.1. The zero-order chi connectivity index (χ0) is 28.8. The molecule has 0 spiro atoms. The van der Waals surface area contributed by atoms with Gasteiger partial charge in [0.1, 0.15) is 12.3 Å². The molecule has 0 aliphatic heterocycles. The summed E-state index contributed by atoms with van der Waals surface area (Å²) in [5.41, 5.74) is 17.0. The van der Waals surface area contributed by atoms with Crippen LogP contribution >= 0.6 is 0 Å². The van der Waals surface area contributed by atoms with E-state index in [0.717, 1.165) is 18.2 Å². The number of nitro groups is 2. The maximum Gasteiger partial charge on any atom is 0.339 e. The zero-order valence-electron chi connectivity index (χ0n) is 22.1. The lowest BCUT2D eigenvalue weighted by atomic mass is 10.0. The van der Waals surface area contributed by atoms with E-state index in [0.29, 0.717) is 12.8 Å². The lowest BCUT2D eigenvalue weighted by molar-refractivity contribution is -0.394. The number of esters is 1. The van der Waals surface area contributed by atoms with Crippen LogP contribution in [0.4, 0.5) is 11.4 Å². The number of hydrogen-bond acceptors (Lipinski definition) is 9. The maximum absolute atomic E-state index is 13.2. The molecular formula is C22H32N8O7Si. The third-order valence-corrected chi connectivity index (χ3v) is 13.3. The van der Waals surface area contributed by atoms with E-state index in [1.807, 2.05) is 0 Å². The summed E-state index contributed by atoms with van der Waals surface area (Å²) < 4.78 is 12.7. The molecule has 38 heavy (non-hydrogen) atoms. The summed E-state index contributed by atoms with van der Waals surface area (Å²) in [4.78, 5) is 39.7. The van der Waals surface area contributed by atoms with Crippen LogP contribution in [0.5, 0.6) is 0 Å². The number of benzene rings is 1. The van der Waals surface area contributed by atoms with Crippen molar-refractivity contribution in [1.29, 1.82) is 0 Å². The lowest BCUT2D eigenvalue weighted by Crippen LogP contribution is -2.52. The minimum Gasteiger partial charge on any atom is -0.456 e. The topological polar surface area (TPSA) is 219 Å². The molecule has 2 rings (SSSR count). The Morgan fingerprint density at radius 3 is 1.82 bits per heavy atom. The van der Waals surface area contributed by atoms with Crippen molar-refractivity contribution in [2.24, 2.45) is 16.1 Å². The number of carbonyl (C=O) groups excluding carboxylic acids is 1. The van der Waals surface area contributed by atoms with E-state index < -0.39 is 59.8 Å². The Labute approximate surface area is 220 Å². The smallest absolute Gasteiger partial charge is 0.339 e. The summed E-state index contributed by atoms with van der Waals surface area (Å²) in [7, 11) is -2.49. The van der Waals surface area contributed by atoms with Crippen molar-refractivity contribution in [2.45, 2.75) is 89.4 Å². The van der Waals surface area contributed by atoms with E-state index in [2.05, 4.69) is 61.6 Å². The van der Waals surface area contributed by atoms with Crippen molar-refractivity contribution in [3.05, 3.63) is 64.9 Å². The van der Waals surface area contributed by atoms with E-state index in [1.165, 1.54) is 0 Å². The molecule has 0 unspecified atom stereocenters. The Bertz CT molecular complexity index is 1090. The number of nitro benzene ring substituents is 2. The standard InChI is InChI=1S/C22H32N8O7Si/c1-12(2)38(13(3)4,14(5)6)37-19-8-7-18(21(25-27-23)26-28-24)20(19)36-22(31)15-9-16(29(32)33)11-17(10-15)30(34)35/h9-14,18-21H,7-8H2,1-6H3/t18-,19-,20-/m1/s1. The highest BCUT2D eigenvalue weighted by molar-refractivity contribution is 6.77. The van der Waals surface area contributed by atoms with Crippen LogP contribution in [-0.2, 0) is 9.16 Å². The molecule has 1 saturated carbocycles. The van der Waals surface area contributed by atoms with Gasteiger partial charge in [0.2, 0.25) is 8.32 Å². The Kier molecular flexibility index (Phi) is 10.2. The van der Waals surface area contributed by atoms with Gasteiger partial charge in [0.05, 0.1) is 27.6 Å². The van der Waals surface area contributed by atoms with Crippen LogP contribution in [0.3, 0.4) is 0 Å². The average molecular weight is 549 g/mol. The fraction of sp³-hybridized carbons (Fsp3) is 0.682. The lowest BCUT2D eigenvalue weighted by Gasteiger charge is -2.45. The SMILES string of the molecule is CC(C)[Si](O[C@@H]1CC[C@@H](C(N=[N+]=[N-])N=[N+]=[N-])[C@H]1OC(=O)c1cc([N+](=O)[O-])cc([N+](=O)[O-])c1)(C(C)C)C(C)C. The molecule has 0 bridgehead atoms. The van der Waals surface area contributed by atoms with Gasteiger partial charge in [0, 0.05) is 27.9 Å². The molecule has 1 aromatic carbocycles. The van der Waals surface area contributed by atoms with Gasteiger partial charge in [0.25, 0.3) is 11.4 Å². The summed E-state index contributed by atoms with van der Waals surface area (Å²) in [5.74, 6) is -1.78. The molecule has 1 aliphatic rings. The third-order valence-electron chi connectivity index (χ3n) is 7.16. The van der Waals surface area contributed by atoms with Crippen LogP contribution in [-0.4, -0.2) is 42.5 Å². The van der Waals surface area contributed by atoms with Crippen LogP contribution in [0.1, 0.15) is 64.7 Å². The molecule has 16 heteroatoms. The molecule has 0 amide bonds. The minimum absolute atomic E-state index is 0.197. The van der Waals surface area contributed by atoms with Crippen LogP contribution < -0.4 is 0 Å². The third kappa shape index (κ3) is 6.40. The van der Waals surface area contributed by atoms with Crippen molar-refractivity contribution in [3.8, 4) is 0 Å². The van der Waals surface area contributed by atoms with Crippen LogP contribution in [0.2, 0.25) is 16.6 Å². The van der Waals surface area contributed by atoms with E-state index in [1.54, 1.807) is 0 Å². The minimum atomic E-state index is -2.49. The number of rotatable bonds is 12. The van der Waals surface area contributed by atoms with E-state index in [-0.39, 0.29) is 22.2 Å². The molecule has 1 aliphatic carbocycles. The highest BCUT2D eigenvalue weighted by atomic mass is 28.4. The Morgan fingerprint density at radius 1 is 0.947 bits per heavy atom. The summed E-state index contributed by atoms with van der Waals surface area (Å²) in [6, 6.07) is 2.53. The van der Waals surface area contributed by atoms with Gasteiger partial charge >= 0.3 is 5.97 Å². The number of azide groups is 1. The largest absolute Gasteiger partial charge is 0.456 e. The van der Waals surface area contributed by atoms with Crippen LogP contribution in [0.15, 0.2) is 28.4 Å². The van der Waals surface area contributed by atoms with Crippen molar-refractivity contribution < 1.29 is 23.8 Å². The van der Waals surface area contributed by atoms with Crippen molar-refractivity contribution in [3.63, 3.8) is 0 Å². The number of hydrogen-bond donors (Lipinski definition) is 0. The molecule has 1 aromatic rings. The monoisotopic (exact) mass is 548 g/mol. The van der Waals surface area contributed by atoms with Crippen molar-refractivity contribution in [2.75, 3.05) is 0 Å². The summed E-state index contributed by atoms with van der Waals surface area (Å²) in [5, 5.41) is 29.8. The first kappa shape index (κ1) is 30.5. The summed E-state index contributed by atoms with van der Waals surface area (Å²) >= 11 is 0. The van der Waals surface area contributed by atoms with Gasteiger partial charge in [-0.1, -0.05) is 51.8 Å². The van der Waals surface area contributed by atoms with Gasteiger partial charge in [-0.15, -0.1) is 0 Å². The highest BCUT2D eigenvalue weighted by Crippen LogP contribution is 2.46. The van der Waals surface area contributed by atoms with Crippen molar-refractivity contribution in [1.82, 2.24) is 0 Å².